The van der Waals surface area contributed by atoms with Crippen molar-refractivity contribution in [3.05, 3.63) is 22.9 Å². The molecule has 2 aromatic heterocycles. The van der Waals surface area contributed by atoms with E-state index in [1.54, 1.807) is 6.07 Å². The van der Waals surface area contributed by atoms with Gasteiger partial charge in [0.1, 0.15) is 12.1 Å². The Morgan fingerprint density at radius 2 is 2.20 bits per heavy atom. The van der Waals surface area contributed by atoms with Crippen LogP contribution in [0.25, 0.3) is 5.65 Å². The maximum atomic E-state index is 11.4. The molecule has 0 spiro atoms. The van der Waals surface area contributed by atoms with Gasteiger partial charge in [0.25, 0.3) is 0 Å². The number of nitrogens with one attached hydrogen (secondary N) is 2. The monoisotopic (exact) mass is 276 g/mol. The number of rotatable bonds is 3. The van der Waals surface area contributed by atoms with Crippen molar-refractivity contribution in [1.82, 2.24) is 24.5 Å². The smallest absolute Gasteiger partial charge is 0.348 e. The second-order valence-electron chi connectivity index (χ2n) is 6.00. The lowest BCUT2D eigenvalue weighted by molar-refractivity contribution is 0.150. The molecule has 0 aromatic carbocycles. The van der Waals surface area contributed by atoms with Crippen molar-refractivity contribution in [1.29, 1.82) is 0 Å². The Morgan fingerprint density at radius 1 is 1.45 bits per heavy atom. The van der Waals surface area contributed by atoms with Crippen LogP contribution in [0.15, 0.2) is 17.2 Å². The molecule has 3 rings (SSSR count). The zero-order chi connectivity index (χ0) is 14.2. The zero-order valence-electron chi connectivity index (χ0n) is 11.9. The van der Waals surface area contributed by atoms with Crippen LogP contribution in [0.1, 0.15) is 19.8 Å². The molecule has 0 radical (unpaired) electrons. The van der Waals surface area contributed by atoms with Gasteiger partial charge in [-0.3, -0.25) is 0 Å². The number of anilines is 1. The number of fused-ring (bicyclic) bond motifs is 1. The van der Waals surface area contributed by atoms with Gasteiger partial charge in [0, 0.05) is 12.6 Å². The standard InChI is InChI=1S/C13H20N6O/c1-13(3-5-18(2)6-4-13)8-14-10-7-11-16-17-12(20)19(11)9-15-10/h7,9,14H,3-6,8H2,1-2H3,(H,17,20). The van der Waals surface area contributed by atoms with Crippen molar-refractivity contribution in [2.75, 3.05) is 32.0 Å². The summed E-state index contributed by atoms with van der Waals surface area (Å²) in [5.41, 5.74) is 0.619. The number of nitrogens with zero attached hydrogens (tertiary/aromatic N) is 4. The van der Waals surface area contributed by atoms with Crippen LogP contribution in [0.5, 0.6) is 0 Å². The molecule has 1 aliphatic rings. The Bertz CT molecular complexity index is 652. The highest BCUT2D eigenvalue weighted by atomic mass is 16.1. The molecule has 7 heteroatoms. The van der Waals surface area contributed by atoms with E-state index in [2.05, 4.69) is 39.4 Å². The Hall–Kier alpha value is -1.89. The Morgan fingerprint density at radius 3 is 2.95 bits per heavy atom. The highest BCUT2D eigenvalue weighted by molar-refractivity contribution is 5.48. The quantitative estimate of drug-likeness (QED) is 0.856. The SMILES string of the molecule is CN1CCC(C)(CNc2cc3n[nH]c(=O)n3cn2)CC1. The summed E-state index contributed by atoms with van der Waals surface area (Å²) < 4.78 is 1.39. The summed E-state index contributed by atoms with van der Waals surface area (Å²) in [6, 6.07) is 1.79. The average molecular weight is 276 g/mol. The summed E-state index contributed by atoms with van der Waals surface area (Å²) in [7, 11) is 2.16. The molecule has 0 aliphatic carbocycles. The Labute approximate surface area is 117 Å². The molecule has 0 unspecified atom stereocenters. The van der Waals surface area contributed by atoms with Crippen LogP contribution < -0.4 is 11.0 Å². The van der Waals surface area contributed by atoms with Crippen molar-refractivity contribution < 1.29 is 0 Å². The number of hydrogen-bond acceptors (Lipinski definition) is 5. The number of hydrogen-bond donors (Lipinski definition) is 2. The molecular formula is C13H20N6O. The summed E-state index contributed by atoms with van der Waals surface area (Å²) in [6.07, 6.45) is 3.86. The summed E-state index contributed by atoms with van der Waals surface area (Å²) in [6.45, 7) is 5.47. The van der Waals surface area contributed by atoms with Gasteiger partial charge in [0.05, 0.1) is 0 Å². The molecule has 3 heterocycles. The van der Waals surface area contributed by atoms with Gasteiger partial charge in [-0.25, -0.2) is 19.3 Å². The lowest BCUT2D eigenvalue weighted by Crippen LogP contribution is -2.40. The number of H-pyrrole nitrogens is 1. The third kappa shape index (κ3) is 2.53. The van der Waals surface area contributed by atoms with Crippen molar-refractivity contribution in [3.8, 4) is 0 Å². The number of aromatic amines is 1. The van der Waals surface area contributed by atoms with E-state index < -0.39 is 0 Å². The molecular weight excluding hydrogens is 256 g/mol. The van der Waals surface area contributed by atoms with Crippen LogP contribution in [0.2, 0.25) is 0 Å². The molecule has 0 amide bonds. The topological polar surface area (TPSA) is 78.3 Å². The van der Waals surface area contributed by atoms with Crippen LogP contribution in [0.3, 0.4) is 0 Å². The van der Waals surface area contributed by atoms with Crippen LogP contribution >= 0.6 is 0 Å². The maximum Gasteiger partial charge on any atom is 0.348 e. The van der Waals surface area contributed by atoms with Crippen LogP contribution in [0, 0.1) is 5.41 Å². The number of likely N-dealkylation sites (tertiary alicyclic amines) is 1. The second kappa shape index (κ2) is 4.90. The molecule has 2 N–H and O–H groups in total. The fraction of sp³-hybridized carbons (Fsp3) is 0.615. The number of piperidine rings is 1. The van der Waals surface area contributed by atoms with E-state index in [0.29, 0.717) is 11.1 Å². The average Bonchev–Trinajstić information content (AvgIpc) is 2.82. The predicted octanol–water partition coefficient (Wildman–Crippen LogP) is 0.561. The lowest BCUT2D eigenvalue weighted by Gasteiger charge is -2.38. The highest BCUT2D eigenvalue weighted by Gasteiger charge is 2.28. The Balaban J connectivity index is 1.69. The lowest BCUT2D eigenvalue weighted by atomic mass is 9.80. The van der Waals surface area contributed by atoms with Gasteiger partial charge in [-0.15, -0.1) is 0 Å². The van der Waals surface area contributed by atoms with E-state index in [9.17, 15) is 4.79 Å². The minimum atomic E-state index is -0.263. The van der Waals surface area contributed by atoms with Crippen LogP contribution in [-0.2, 0) is 0 Å². The van der Waals surface area contributed by atoms with Gasteiger partial charge in [-0.1, -0.05) is 6.92 Å². The summed E-state index contributed by atoms with van der Waals surface area (Å²) in [5.74, 6) is 0.761. The molecule has 7 nitrogen and oxygen atoms in total. The number of aromatic nitrogens is 4. The van der Waals surface area contributed by atoms with Crippen molar-refractivity contribution in [3.63, 3.8) is 0 Å². The normalized spacial score (nSPS) is 19.3. The molecule has 108 valence electrons. The van der Waals surface area contributed by atoms with Gasteiger partial charge in [-0.2, -0.15) is 5.10 Å². The molecule has 0 atom stereocenters. The van der Waals surface area contributed by atoms with Crippen molar-refractivity contribution in [2.24, 2.45) is 5.41 Å². The van der Waals surface area contributed by atoms with Gasteiger partial charge in [0.2, 0.25) is 0 Å². The molecule has 1 fully saturated rings. The largest absolute Gasteiger partial charge is 0.369 e. The molecule has 0 saturated carbocycles. The first-order valence-electron chi connectivity index (χ1n) is 6.91. The van der Waals surface area contributed by atoms with Crippen molar-refractivity contribution in [2.45, 2.75) is 19.8 Å². The fourth-order valence-corrected chi connectivity index (χ4v) is 2.55. The first kappa shape index (κ1) is 13.1. The molecule has 2 aromatic rings. The van der Waals surface area contributed by atoms with E-state index in [1.165, 1.54) is 23.6 Å². The van der Waals surface area contributed by atoms with Gasteiger partial charge in [0.15, 0.2) is 5.65 Å². The second-order valence-corrected chi connectivity index (χ2v) is 6.00. The predicted molar refractivity (Wildman–Crippen MR) is 76.9 cm³/mol. The van der Waals surface area contributed by atoms with Crippen LogP contribution in [0.4, 0.5) is 5.82 Å². The van der Waals surface area contributed by atoms with Gasteiger partial charge >= 0.3 is 5.69 Å². The van der Waals surface area contributed by atoms with E-state index in [4.69, 9.17) is 0 Å². The third-order valence-corrected chi connectivity index (χ3v) is 4.20. The van der Waals surface area contributed by atoms with E-state index in [1.807, 2.05) is 0 Å². The first-order chi connectivity index (χ1) is 9.56. The summed E-state index contributed by atoms with van der Waals surface area (Å²) >= 11 is 0. The van der Waals surface area contributed by atoms with E-state index in [0.717, 1.165) is 25.5 Å². The molecule has 0 bridgehead atoms. The fourth-order valence-electron chi connectivity index (χ4n) is 2.55. The van der Waals surface area contributed by atoms with E-state index in [-0.39, 0.29) is 5.69 Å². The molecule has 1 aliphatic heterocycles. The maximum absolute atomic E-state index is 11.4. The minimum absolute atomic E-state index is 0.263. The zero-order valence-corrected chi connectivity index (χ0v) is 11.9. The molecule has 1 saturated heterocycles. The van der Waals surface area contributed by atoms with E-state index >= 15 is 0 Å². The summed E-state index contributed by atoms with van der Waals surface area (Å²) in [5, 5.41) is 9.72. The summed E-state index contributed by atoms with van der Waals surface area (Å²) in [4.78, 5) is 18.0. The Kier molecular flexibility index (Phi) is 3.21. The van der Waals surface area contributed by atoms with Crippen LogP contribution in [-0.4, -0.2) is 51.2 Å². The van der Waals surface area contributed by atoms with Crippen molar-refractivity contribution >= 4 is 11.5 Å². The molecule has 20 heavy (non-hydrogen) atoms. The minimum Gasteiger partial charge on any atom is -0.369 e. The third-order valence-electron chi connectivity index (χ3n) is 4.20. The first-order valence-corrected chi connectivity index (χ1v) is 6.91. The van der Waals surface area contributed by atoms with Gasteiger partial charge in [-0.05, 0) is 38.4 Å². The highest BCUT2D eigenvalue weighted by Crippen LogP contribution is 2.30. The van der Waals surface area contributed by atoms with Gasteiger partial charge < -0.3 is 10.2 Å².